The van der Waals surface area contributed by atoms with Crippen molar-refractivity contribution in [2.24, 2.45) is 7.05 Å². The highest BCUT2D eigenvalue weighted by molar-refractivity contribution is 5.91. The van der Waals surface area contributed by atoms with Gasteiger partial charge in [0.05, 0.1) is 11.7 Å². The van der Waals surface area contributed by atoms with Gasteiger partial charge in [0.1, 0.15) is 28.8 Å². The van der Waals surface area contributed by atoms with Crippen LogP contribution in [0.25, 0.3) is 16.9 Å². The van der Waals surface area contributed by atoms with Crippen LogP contribution in [0.5, 0.6) is 0 Å². The van der Waals surface area contributed by atoms with Gasteiger partial charge in [0.25, 0.3) is 0 Å². The summed E-state index contributed by atoms with van der Waals surface area (Å²) >= 11 is 0. The molecule has 1 fully saturated rings. The van der Waals surface area contributed by atoms with Crippen LogP contribution in [0.2, 0.25) is 0 Å². The Morgan fingerprint density at radius 2 is 1.97 bits per heavy atom. The van der Waals surface area contributed by atoms with E-state index in [2.05, 4.69) is 26.1 Å². The van der Waals surface area contributed by atoms with Crippen molar-refractivity contribution < 1.29 is 18.3 Å². The molecule has 2 amide bonds. The smallest absolute Gasteiger partial charge is 0.320 e. The zero-order chi connectivity index (χ0) is 27.6. The summed E-state index contributed by atoms with van der Waals surface area (Å²) in [5.41, 5.74) is 2.37. The quantitative estimate of drug-likeness (QED) is 0.315. The number of rotatable bonds is 8. The average Bonchev–Trinajstić information content (AvgIpc) is 3.62. The van der Waals surface area contributed by atoms with Crippen molar-refractivity contribution >= 4 is 11.8 Å². The molecule has 1 saturated heterocycles. The number of carbonyl (C=O) groups excluding carboxylic acids is 1. The molecule has 3 heterocycles. The molecule has 2 aromatic carbocycles. The number of anilines is 1. The highest BCUT2D eigenvalue weighted by atomic mass is 19.1. The van der Waals surface area contributed by atoms with Gasteiger partial charge >= 0.3 is 6.03 Å². The lowest BCUT2D eigenvalue weighted by Gasteiger charge is -2.36. The van der Waals surface area contributed by atoms with Gasteiger partial charge in [-0.25, -0.2) is 18.3 Å². The number of ether oxygens (including phenoxy) is 1. The Morgan fingerprint density at radius 3 is 2.67 bits per heavy atom. The van der Waals surface area contributed by atoms with E-state index in [9.17, 15) is 13.6 Å². The van der Waals surface area contributed by atoms with Crippen molar-refractivity contribution in [3.8, 4) is 16.9 Å². The molecular formula is C28H31F2N7O2. The molecule has 0 unspecified atom stereocenters. The number of hydrogen-bond acceptors (Lipinski definition) is 5. The summed E-state index contributed by atoms with van der Waals surface area (Å²) in [5, 5.41) is 18.4. The van der Waals surface area contributed by atoms with Crippen LogP contribution in [-0.4, -0.2) is 57.9 Å². The molecule has 0 radical (unpaired) electrons. The first-order valence-corrected chi connectivity index (χ1v) is 12.7. The van der Waals surface area contributed by atoms with E-state index in [1.807, 2.05) is 13.1 Å². The molecule has 0 saturated carbocycles. The van der Waals surface area contributed by atoms with Gasteiger partial charge in [-0.3, -0.25) is 10.00 Å². The fourth-order valence-electron chi connectivity index (χ4n) is 5.25. The van der Waals surface area contributed by atoms with Crippen LogP contribution >= 0.6 is 0 Å². The minimum Gasteiger partial charge on any atom is -0.385 e. The summed E-state index contributed by atoms with van der Waals surface area (Å²) in [6.45, 7) is 3.34. The van der Waals surface area contributed by atoms with Crippen molar-refractivity contribution in [2.75, 3.05) is 32.1 Å². The fraction of sp³-hybridized carbons (Fsp3) is 0.321. The number of hydrogen-bond donors (Lipinski definition) is 3. The van der Waals surface area contributed by atoms with E-state index in [0.29, 0.717) is 43.2 Å². The first-order valence-electron chi connectivity index (χ1n) is 12.7. The number of halogens is 2. The zero-order valence-electron chi connectivity index (χ0n) is 22.0. The van der Waals surface area contributed by atoms with Gasteiger partial charge in [-0.1, -0.05) is 24.3 Å². The van der Waals surface area contributed by atoms with Crippen LogP contribution in [0.1, 0.15) is 23.5 Å². The number of amides is 2. The number of aryl methyl sites for hydroxylation is 1. The van der Waals surface area contributed by atoms with E-state index in [-0.39, 0.29) is 17.4 Å². The second-order valence-electron chi connectivity index (χ2n) is 9.80. The molecule has 204 valence electrons. The zero-order valence-corrected chi connectivity index (χ0v) is 22.0. The van der Waals surface area contributed by atoms with Gasteiger partial charge in [0.15, 0.2) is 0 Å². The molecule has 1 aliphatic heterocycles. The van der Waals surface area contributed by atoms with E-state index < -0.39 is 17.4 Å². The van der Waals surface area contributed by atoms with Gasteiger partial charge in [-0.2, -0.15) is 10.2 Å². The molecule has 2 atom stereocenters. The van der Waals surface area contributed by atoms with Crippen LogP contribution < -0.4 is 16.0 Å². The van der Waals surface area contributed by atoms with Crippen LogP contribution in [0.3, 0.4) is 0 Å². The van der Waals surface area contributed by atoms with Gasteiger partial charge < -0.3 is 15.4 Å². The Balaban J connectivity index is 1.50. The Bertz CT molecular complexity index is 1470. The lowest BCUT2D eigenvalue weighted by molar-refractivity contribution is 0.155. The average molecular weight is 536 g/mol. The van der Waals surface area contributed by atoms with Crippen molar-refractivity contribution in [3.05, 3.63) is 83.7 Å². The molecule has 4 aromatic rings. The number of urea groups is 1. The van der Waals surface area contributed by atoms with E-state index >= 15 is 0 Å². The lowest BCUT2D eigenvalue weighted by Crippen LogP contribution is -2.55. The van der Waals surface area contributed by atoms with Crippen molar-refractivity contribution in [3.63, 3.8) is 0 Å². The minimum atomic E-state index is -0.707. The number of carbonyl (C=O) groups is 1. The van der Waals surface area contributed by atoms with Crippen LogP contribution in [0, 0.1) is 18.6 Å². The summed E-state index contributed by atoms with van der Waals surface area (Å²) in [7, 11) is 3.41. The summed E-state index contributed by atoms with van der Waals surface area (Å²) < 4.78 is 36.9. The van der Waals surface area contributed by atoms with E-state index in [4.69, 9.17) is 4.74 Å². The molecule has 5 rings (SSSR count). The predicted molar refractivity (Wildman–Crippen MR) is 144 cm³/mol. The molecule has 2 aromatic heterocycles. The topological polar surface area (TPSA) is 98.0 Å². The Labute approximate surface area is 225 Å². The first kappa shape index (κ1) is 26.5. The maximum Gasteiger partial charge on any atom is 0.320 e. The van der Waals surface area contributed by atoms with Crippen LogP contribution in [0.15, 0.2) is 60.9 Å². The largest absolute Gasteiger partial charge is 0.385 e. The Kier molecular flexibility index (Phi) is 7.45. The van der Waals surface area contributed by atoms with Crippen molar-refractivity contribution in [1.82, 2.24) is 30.2 Å². The number of aromatic nitrogens is 4. The molecule has 11 heteroatoms. The van der Waals surface area contributed by atoms with Gasteiger partial charge in [0, 0.05) is 57.1 Å². The lowest BCUT2D eigenvalue weighted by atomic mass is 9.79. The normalized spacial score (nSPS) is 18.8. The third-order valence-corrected chi connectivity index (χ3v) is 7.26. The first-order chi connectivity index (χ1) is 18.8. The molecule has 0 bridgehead atoms. The summed E-state index contributed by atoms with van der Waals surface area (Å²) in [5.74, 6) is -0.585. The SMILES string of the molecule is COCC[C@@]1(NC(=O)Nc2c(C)c(-c3cnn(C)c3)nn2-c2ccccc2F)CNC[C@H]1c1ccc(F)cc1. The Morgan fingerprint density at radius 1 is 1.21 bits per heavy atom. The maximum absolute atomic E-state index is 14.9. The molecule has 0 aliphatic carbocycles. The summed E-state index contributed by atoms with van der Waals surface area (Å²) in [6, 6.07) is 12.1. The standard InChI is InChI=1S/C28H31F2N7O2/c1-18-25(20-14-32-36(2)16-20)35-37(24-7-5-4-6-23(24)30)26(18)33-27(38)34-28(12-13-39-3)17-31-15-22(28)19-8-10-21(29)11-9-19/h4-11,14,16,22,31H,12-13,15,17H2,1-3H3,(H2,33,34,38)/t22-,28+/m0/s1. The van der Waals surface area contributed by atoms with Crippen molar-refractivity contribution in [2.45, 2.75) is 24.8 Å². The second kappa shape index (κ2) is 11.0. The Hall–Kier alpha value is -4.09. The molecule has 3 N–H and O–H groups in total. The number of methoxy groups -OCH3 is 1. The second-order valence-corrected chi connectivity index (χ2v) is 9.80. The van der Waals surface area contributed by atoms with Crippen LogP contribution in [0.4, 0.5) is 19.4 Å². The number of para-hydroxylation sites is 1. The molecular weight excluding hydrogens is 504 g/mol. The fourth-order valence-corrected chi connectivity index (χ4v) is 5.25. The molecule has 0 spiro atoms. The predicted octanol–water partition coefficient (Wildman–Crippen LogP) is 4.14. The highest BCUT2D eigenvalue weighted by Crippen LogP contribution is 2.36. The third kappa shape index (κ3) is 5.27. The van der Waals surface area contributed by atoms with E-state index in [1.165, 1.54) is 22.9 Å². The number of nitrogens with zero attached hydrogens (tertiary/aromatic N) is 4. The molecule has 1 aliphatic rings. The minimum absolute atomic E-state index is 0.123. The van der Waals surface area contributed by atoms with E-state index in [1.54, 1.807) is 55.4 Å². The molecule has 39 heavy (non-hydrogen) atoms. The summed E-state index contributed by atoms with van der Waals surface area (Å²) in [6.07, 6.45) is 4.00. The number of nitrogens with one attached hydrogen (secondary N) is 3. The molecule has 9 nitrogen and oxygen atoms in total. The van der Waals surface area contributed by atoms with Gasteiger partial charge in [-0.15, -0.1) is 0 Å². The van der Waals surface area contributed by atoms with Gasteiger partial charge in [0.2, 0.25) is 0 Å². The maximum atomic E-state index is 14.9. The number of benzene rings is 2. The van der Waals surface area contributed by atoms with E-state index in [0.717, 1.165) is 11.1 Å². The van der Waals surface area contributed by atoms with Crippen LogP contribution in [-0.2, 0) is 11.8 Å². The summed E-state index contributed by atoms with van der Waals surface area (Å²) in [4.78, 5) is 13.6. The highest BCUT2D eigenvalue weighted by Gasteiger charge is 2.45. The monoisotopic (exact) mass is 535 g/mol. The van der Waals surface area contributed by atoms with Crippen molar-refractivity contribution in [1.29, 1.82) is 0 Å². The van der Waals surface area contributed by atoms with Gasteiger partial charge in [-0.05, 0) is 43.2 Å². The third-order valence-electron chi connectivity index (χ3n) is 7.26.